The van der Waals surface area contributed by atoms with Crippen LogP contribution in [0.1, 0.15) is 31.7 Å². The molecule has 3 amide bonds. The average molecular weight is 689 g/mol. The second-order valence-electron chi connectivity index (χ2n) is 13.7. The van der Waals surface area contributed by atoms with Crippen molar-refractivity contribution in [1.29, 1.82) is 0 Å². The molecule has 6 atom stereocenters. The molecule has 11 nitrogen and oxygen atoms in total. The molecule has 3 aromatic carbocycles. The van der Waals surface area contributed by atoms with Crippen LogP contribution in [0, 0.1) is 11.8 Å². The van der Waals surface area contributed by atoms with Gasteiger partial charge in [0.25, 0.3) is 0 Å². The quantitative estimate of drug-likeness (QED) is 0.195. The van der Waals surface area contributed by atoms with Crippen molar-refractivity contribution in [1.82, 2.24) is 24.8 Å². The van der Waals surface area contributed by atoms with Crippen molar-refractivity contribution in [3.63, 3.8) is 0 Å². The van der Waals surface area contributed by atoms with Crippen LogP contribution in [0.2, 0.25) is 0 Å². The highest BCUT2D eigenvalue weighted by atomic mass is 16.5. The van der Waals surface area contributed by atoms with Gasteiger partial charge in [-0.2, -0.15) is 0 Å². The molecule has 2 bridgehead atoms. The van der Waals surface area contributed by atoms with Gasteiger partial charge in [-0.15, -0.1) is 18.3 Å². The van der Waals surface area contributed by atoms with E-state index in [0.717, 1.165) is 11.1 Å². The Hall–Kier alpha value is -5.13. The van der Waals surface area contributed by atoms with Gasteiger partial charge in [0.15, 0.2) is 0 Å². The first kappa shape index (κ1) is 34.3. The van der Waals surface area contributed by atoms with Gasteiger partial charge >= 0.3 is 0 Å². The lowest BCUT2D eigenvalue weighted by atomic mass is 9.64. The molecule has 7 rings (SSSR count). The Morgan fingerprint density at radius 1 is 0.980 bits per heavy atom. The van der Waals surface area contributed by atoms with Gasteiger partial charge < -0.3 is 24.5 Å². The molecule has 2 unspecified atom stereocenters. The van der Waals surface area contributed by atoms with Crippen LogP contribution in [0.15, 0.2) is 110 Å². The van der Waals surface area contributed by atoms with E-state index in [1.807, 2.05) is 91.9 Å². The average Bonchev–Trinajstić information content (AvgIpc) is 3.90. The lowest BCUT2D eigenvalue weighted by Crippen LogP contribution is -2.59. The number of anilines is 1. The van der Waals surface area contributed by atoms with Gasteiger partial charge in [-0.25, -0.2) is 4.68 Å². The number of benzene rings is 3. The number of ether oxygens (including phenoxy) is 1. The van der Waals surface area contributed by atoms with Gasteiger partial charge in [-0.05, 0) is 55.5 Å². The molecule has 1 N–H and O–H groups in total. The molecule has 3 saturated heterocycles. The zero-order valence-electron chi connectivity index (χ0n) is 28.9. The lowest BCUT2D eigenvalue weighted by Gasteiger charge is -2.39. The number of aromatic nitrogens is 3. The number of fused-ring (bicyclic) bond motifs is 2. The van der Waals surface area contributed by atoms with Crippen LogP contribution < -0.4 is 4.90 Å². The van der Waals surface area contributed by atoms with E-state index >= 15 is 9.59 Å². The highest BCUT2D eigenvalue weighted by Gasteiger charge is 2.79. The Balaban J connectivity index is 1.34. The first-order chi connectivity index (χ1) is 24.8. The maximum atomic E-state index is 15.2. The Kier molecular flexibility index (Phi) is 9.34. The number of carbonyl (C=O) groups is 3. The summed E-state index contributed by atoms with van der Waals surface area (Å²) in [5.74, 6) is -2.74. The smallest absolute Gasteiger partial charge is 0.250 e. The summed E-state index contributed by atoms with van der Waals surface area (Å²) >= 11 is 0. The largest absolute Gasteiger partial charge is 0.394 e. The van der Waals surface area contributed by atoms with Crippen LogP contribution in [-0.4, -0.2) is 90.6 Å². The summed E-state index contributed by atoms with van der Waals surface area (Å²) in [6, 6.07) is 24.6. The predicted octanol–water partition coefficient (Wildman–Crippen LogP) is 4.38. The molecule has 3 aliphatic rings. The van der Waals surface area contributed by atoms with Gasteiger partial charge in [0.2, 0.25) is 17.7 Å². The topological polar surface area (TPSA) is 121 Å². The van der Waals surface area contributed by atoms with E-state index in [1.165, 1.54) is 0 Å². The second-order valence-corrected chi connectivity index (χ2v) is 13.7. The summed E-state index contributed by atoms with van der Waals surface area (Å²) in [7, 11) is 0. The molecule has 0 aliphatic carbocycles. The van der Waals surface area contributed by atoms with Gasteiger partial charge in [0.1, 0.15) is 23.8 Å². The standard InChI is InChI=1S/C40H44N6O5/c1-4-23-43(27-45-32-20-14-13-19-31(32)41-42-45)38(50)35-40-22-21-39(6-3,51-40)33(36(48)44(24-5-2)29-17-11-8-12-18-29)34(40)37(49)46(35)30(26-47)25-28-15-9-7-10-16-28/h4-5,7-20,30,33-35,47H,1-2,6,21-27H2,3H3/t30-,33+,34+,35?,39-,40?/m1/s1. The zero-order valence-corrected chi connectivity index (χ0v) is 28.9. The molecular weight excluding hydrogens is 644 g/mol. The second kappa shape index (κ2) is 13.9. The Morgan fingerprint density at radius 2 is 1.67 bits per heavy atom. The van der Waals surface area contributed by atoms with Crippen LogP contribution >= 0.6 is 0 Å². The third-order valence-corrected chi connectivity index (χ3v) is 11.1. The molecule has 3 aliphatic heterocycles. The molecule has 4 aromatic rings. The van der Waals surface area contributed by atoms with Crippen molar-refractivity contribution in [2.45, 2.75) is 62.6 Å². The molecular formula is C40H44N6O5. The number of nitrogens with zero attached hydrogens (tertiary/aromatic N) is 6. The highest BCUT2D eigenvalue weighted by Crippen LogP contribution is 2.65. The normalized spacial score (nSPS) is 25.5. The fourth-order valence-corrected chi connectivity index (χ4v) is 8.80. The molecule has 0 radical (unpaired) electrons. The molecule has 0 saturated carbocycles. The number of aliphatic hydroxyl groups is 1. The molecule has 1 spiro atoms. The van der Waals surface area contributed by atoms with Gasteiger partial charge in [0.05, 0.1) is 35.6 Å². The Labute approximate surface area is 297 Å². The van der Waals surface area contributed by atoms with E-state index < -0.39 is 35.1 Å². The summed E-state index contributed by atoms with van der Waals surface area (Å²) in [5.41, 5.74) is 0.796. The van der Waals surface area contributed by atoms with Crippen molar-refractivity contribution in [3.8, 4) is 0 Å². The minimum atomic E-state index is -1.30. The van der Waals surface area contributed by atoms with E-state index in [4.69, 9.17) is 4.74 Å². The van der Waals surface area contributed by atoms with E-state index in [0.29, 0.717) is 36.9 Å². The van der Waals surface area contributed by atoms with Crippen LogP contribution in [-0.2, 0) is 32.2 Å². The minimum absolute atomic E-state index is 0.0511. The van der Waals surface area contributed by atoms with Crippen molar-refractivity contribution in [2.24, 2.45) is 11.8 Å². The summed E-state index contributed by atoms with van der Waals surface area (Å²) in [6.07, 6.45) is 5.04. The predicted molar refractivity (Wildman–Crippen MR) is 193 cm³/mol. The zero-order chi connectivity index (χ0) is 35.8. The molecule has 51 heavy (non-hydrogen) atoms. The molecule has 264 valence electrons. The number of amides is 3. The third kappa shape index (κ3) is 5.64. The number of hydrogen-bond donors (Lipinski definition) is 1. The maximum Gasteiger partial charge on any atom is 0.250 e. The third-order valence-electron chi connectivity index (χ3n) is 11.1. The van der Waals surface area contributed by atoms with Crippen molar-refractivity contribution in [2.75, 3.05) is 24.6 Å². The van der Waals surface area contributed by atoms with Crippen LogP contribution in [0.4, 0.5) is 5.69 Å². The number of likely N-dealkylation sites (tertiary alicyclic amines) is 1. The van der Waals surface area contributed by atoms with E-state index in [-0.39, 0.29) is 44.1 Å². The van der Waals surface area contributed by atoms with Crippen LogP contribution in [0.3, 0.4) is 0 Å². The number of hydrogen-bond acceptors (Lipinski definition) is 7. The summed E-state index contributed by atoms with van der Waals surface area (Å²) in [6.45, 7) is 9.89. The monoisotopic (exact) mass is 688 g/mol. The summed E-state index contributed by atoms with van der Waals surface area (Å²) in [5, 5.41) is 19.6. The SMILES string of the molecule is C=CCN(Cn1nnc2ccccc21)C(=O)C1N([C@@H](CO)Cc2ccccc2)C(=O)[C@@H]2[C@@H](C(=O)N(CC=C)c3ccccc3)[C@@]3(CC)CCC12O3. The van der Waals surface area contributed by atoms with Gasteiger partial charge in [0, 0.05) is 18.8 Å². The van der Waals surface area contributed by atoms with Gasteiger partial charge in [-0.1, -0.05) is 85.0 Å². The van der Waals surface area contributed by atoms with E-state index in [9.17, 15) is 9.90 Å². The number of rotatable bonds is 14. The van der Waals surface area contributed by atoms with E-state index in [1.54, 1.807) is 31.5 Å². The van der Waals surface area contributed by atoms with Gasteiger partial charge in [-0.3, -0.25) is 14.4 Å². The van der Waals surface area contributed by atoms with Crippen LogP contribution in [0.25, 0.3) is 11.0 Å². The summed E-state index contributed by atoms with van der Waals surface area (Å²) in [4.78, 5) is 50.1. The minimum Gasteiger partial charge on any atom is -0.394 e. The molecule has 4 heterocycles. The number of carbonyl (C=O) groups excluding carboxylic acids is 3. The molecule has 11 heteroatoms. The fourth-order valence-electron chi connectivity index (χ4n) is 8.80. The van der Waals surface area contributed by atoms with E-state index in [2.05, 4.69) is 23.5 Å². The highest BCUT2D eigenvalue weighted by molar-refractivity contribution is 6.03. The Morgan fingerprint density at radius 3 is 2.35 bits per heavy atom. The number of para-hydroxylation sites is 2. The first-order valence-corrected chi connectivity index (χ1v) is 17.6. The number of aliphatic hydroxyl groups excluding tert-OH is 1. The molecule has 1 aromatic heterocycles. The lowest BCUT2D eigenvalue weighted by molar-refractivity contribution is -0.157. The first-order valence-electron chi connectivity index (χ1n) is 17.6. The summed E-state index contributed by atoms with van der Waals surface area (Å²) < 4.78 is 8.76. The van der Waals surface area contributed by atoms with Crippen molar-refractivity contribution >= 4 is 34.4 Å². The van der Waals surface area contributed by atoms with Crippen LogP contribution in [0.5, 0.6) is 0 Å². The molecule has 3 fully saturated rings. The fraction of sp³-hybridized carbons (Fsp3) is 0.375. The maximum absolute atomic E-state index is 15.2. The Bertz CT molecular complexity index is 1930. The van der Waals surface area contributed by atoms with Crippen molar-refractivity contribution < 1.29 is 24.2 Å². The van der Waals surface area contributed by atoms with Crippen molar-refractivity contribution in [3.05, 3.63) is 116 Å².